The van der Waals surface area contributed by atoms with Crippen LogP contribution >= 0.6 is 0 Å². The second-order valence-electron chi connectivity index (χ2n) is 16.1. The fourth-order valence-electron chi connectivity index (χ4n) is 7.31. The molecule has 2 rings (SSSR count). The fraction of sp³-hybridized carbons (Fsp3) is 0.706. The molecule has 0 aliphatic carbocycles. The molecule has 1 atom stereocenters. The van der Waals surface area contributed by atoms with Crippen LogP contribution in [0.15, 0.2) is 72.9 Å². The van der Waals surface area contributed by atoms with Crippen LogP contribution in [0.25, 0.3) is 0 Å². The summed E-state index contributed by atoms with van der Waals surface area (Å²) in [7, 11) is 0. The summed E-state index contributed by atoms with van der Waals surface area (Å²) in [4.78, 5) is 13.2. The lowest BCUT2D eigenvalue weighted by atomic mass is 9.89. The van der Waals surface area contributed by atoms with Crippen molar-refractivity contribution < 1.29 is 14.3 Å². The standard InChI is InChI=1S/C51H86N2O3/c1-3-5-7-9-11-13-15-17-19-21-23-25-27-29-31-33-42-55-46-50(45-53-51(54)49-37-35-36-48(44-49)47-38-40-52-41-39-47)56-43-34-32-30-28-26-24-22-20-18-16-14-12-10-8-6-4-2/h11-14,17-20,35-37,44,47,50,52H,3-10,15-16,21-34,38-43,45-46H2,1-2H3,(H,53,54)/b13-11-,14-12-,19-17-,20-18-. The number of hydrogen-bond donors (Lipinski definition) is 2. The third-order valence-electron chi connectivity index (χ3n) is 10.9. The highest BCUT2D eigenvalue weighted by Crippen LogP contribution is 2.25. The van der Waals surface area contributed by atoms with Crippen LogP contribution in [0, 0.1) is 0 Å². The molecule has 0 aromatic heterocycles. The highest BCUT2D eigenvalue weighted by molar-refractivity contribution is 5.94. The number of amides is 1. The Labute approximate surface area is 346 Å². The molecule has 5 nitrogen and oxygen atoms in total. The van der Waals surface area contributed by atoms with E-state index in [-0.39, 0.29) is 12.0 Å². The summed E-state index contributed by atoms with van der Waals surface area (Å²) in [6, 6.07) is 8.23. The first-order valence-corrected chi connectivity index (χ1v) is 23.6. The Morgan fingerprint density at radius 1 is 0.661 bits per heavy atom. The van der Waals surface area contributed by atoms with Gasteiger partial charge in [-0.15, -0.1) is 0 Å². The Balaban J connectivity index is 1.61. The van der Waals surface area contributed by atoms with Crippen LogP contribution in [0.5, 0.6) is 0 Å². The van der Waals surface area contributed by atoms with Crippen LogP contribution in [0.3, 0.4) is 0 Å². The van der Waals surface area contributed by atoms with Gasteiger partial charge in [-0.3, -0.25) is 4.79 Å². The lowest BCUT2D eigenvalue weighted by Gasteiger charge is -2.23. The van der Waals surface area contributed by atoms with Crippen molar-refractivity contribution >= 4 is 5.91 Å². The summed E-state index contributed by atoms with van der Waals surface area (Å²) in [6.07, 6.45) is 50.5. The van der Waals surface area contributed by atoms with Crippen molar-refractivity contribution in [1.82, 2.24) is 10.6 Å². The van der Waals surface area contributed by atoms with Gasteiger partial charge in [-0.05, 0) is 127 Å². The zero-order valence-corrected chi connectivity index (χ0v) is 36.4. The second-order valence-corrected chi connectivity index (χ2v) is 16.1. The van der Waals surface area contributed by atoms with Gasteiger partial charge in [-0.1, -0.05) is 152 Å². The van der Waals surface area contributed by atoms with Crippen molar-refractivity contribution in [2.24, 2.45) is 0 Å². The van der Waals surface area contributed by atoms with E-state index in [9.17, 15) is 4.79 Å². The summed E-state index contributed by atoms with van der Waals surface area (Å²) < 4.78 is 12.5. The molecule has 1 saturated heterocycles. The van der Waals surface area contributed by atoms with Gasteiger partial charge < -0.3 is 20.1 Å². The number of allylic oxidation sites excluding steroid dienone is 8. The van der Waals surface area contributed by atoms with Crippen molar-refractivity contribution in [3.8, 4) is 0 Å². The normalized spacial score (nSPS) is 14.6. The van der Waals surface area contributed by atoms with Crippen molar-refractivity contribution in [3.63, 3.8) is 0 Å². The van der Waals surface area contributed by atoms with E-state index < -0.39 is 0 Å². The predicted octanol–water partition coefficient (Wildman–Crippen LogP) is 13.9. The number of nitrogens with one attached hydrogen (secondary N) is 2. The lowest BCUT2D eigenvalue weighted by molar-refractivity contribution is -0.0170. The van der Waals surface area contributed by atoms with E-state index in [0.717, 1.165) is 63.8 Å². The number of hydrogen-bond acceptors (Lipinski definition) is 4. The van der Waals surface area contributed by atoms with Crippen LogP contribution in [0.1, 0.15) is 203 Å². The third kappa shape index (κ3) is 28.9. The van der Waals surface area contributed by atoms with Crippen molar-refractivity contribution in [3.05, 3.63) is 84.0 Å². The molecule has 1 amide bonds. The number of carbonyl (C=O) groups is 1. The Hall–Kier alpha value is -2.47. The molecule has 1 aromatic carbocycles. The zero-order valence-electron chi connectivity index (χ0n) is 36.4. The molecule has 0 spiro atoms. The molecule has 0 bridgehead atoms. The molecular weight excluding hydrogens is 689 g/mol. The monoisotopic (exact) mass is 775 g/mol. The summed E-state index contributed by atoms with van der Waals surface area (Å²) >= 11 is 0. The summed E-state index contributed by atoms with van der Waals surface area (Å²) in [5, 5.41) is 6.61. The third-order valence-corrected chi connectivity index (χ3v) is 10.9. The number of benzene rings is 1. The summed E-state index contributed by atoms with van der Waals surface area (Å²) in [5.41, 5.74) is 2.02. The molecule has 5 heteroatoms. The SMILES string of the molecule is CCCCC/C=C\C/C=C\CCCCCCCCOCC(CNC(=O)c1cccc(C2CCNCC2)c1)OCCCCCCCC/C=C\C/C=C\CCCCC. The minimum absolute atomic E-state index is 0.0202. The maximum absolute atomic E-state index is 13.2. The molecule has 1 unspecified atom stereocenters. The van der Waals surface area contributed by atoms with Gasteiger partial charge in [0.05, 0.1) is 12.7 Å². The van der Waals surface area contributed by atoms with E-state index in [4.69, 9.17) is 9.47 Å². The van der Waals surface area contributed by atoms with E-state index >= 15 is 0 Å². The fourth-order valence-corrected chi connectivity index (χ4v) is 7.31. The molecule has 56 heavy (non-hydrogen) atoms. The number of piperidine rings is 1. The minimum Gasteiger partial charge on any atom is -0.379 e. The van der Waals surface area contributed by atoms with E-state index in [1.807, 2.05) is 12.1 Å². The van der Waals surface area contributed by atoms with E-state index in [0.29, 0.717) is 25.7 Å². The number of unbranched alkanes of at least 4 members (excludes halogenated alkanes) is 18. The molecular formula is C51H86N2O3. The van der Waals surface area contributed by atoms with Gasteiger partial charge >= 0.3 is 0 Å². The zero-order chi connectivity index (χ0) is 39.8. The van der Waals surface area contributed by atoms with Gasteiger partial charge in [-0.2, -0.15) is 0 Å². The van der Waals surface area contributed by atoms with Gasteiger partial charge in [0.25, 0.3) is 5.91 Å². The Bertz CT molecular complexity index is 1150. The first-order chi connectivity index (χ1) is 27.7. The topological polar surface area (TPSA) is 59.6 Å². The maximum atomic E-state index is 13.2. The van der Waals surface area contributed by atoms with Crippen LogP contribution in [-0.2, 0) is 9.47 Å². The number of ether oxygens (including phenoxy) is 2. The van der Waals surface area contributed by atoms with Crippen molar-refractivity contribution in [2.75, 3.05) is 39.5 Å². The molecule has 2 N–H and O–H groups in total. The van der Waals surface area contributed by atoms with Gasteiger partial charge in [0.2, 0.25) is 0 Å². The first-order valence-electron chi connectivity index (χ1n) is 23.6. The highest BCUT2D eigenvalue weighted by Gasteiger charge is 2.18. The van der Waals surface area contributed by atoms with Gasteiger partial charge in [0.1, 0.15) is 0 Å². The molecule has 0 radical (unpaired) electrons. The Morgan fingerprint density at radius 3 is 1.71 bits per heavy atom. The van der Waals surface area contributed by atoms with Crippen LogP contribution in [0.2, 0.25) is 0 Å². The summed E-state index contributed by atoms with van der Waals surface area (Å²) in [5.74, 6) is 0.510. The van der Waals surface area contributed by atoms with E-state index in [2.05, 4.69) is 85.2 Å². The highest BCUT2D eigenvalue weighted by atomic mass is 16.5. The predicted molar refractivity (Wildman–Crippen MR) is 243 cm³/mol. The minimum atomic E-state index is -0.130. The van der Waals surface area contributed by atoms with Gasteiger partial charge in [0.15, 0.2) is 0 Å². The average Bonchev–Trinajstić information content (AvgIpc) is 3.23. The van der Waals surface area contributed by atoms with Crippen LogP contribution in [-0.4, -0.2) is 51.5 Å². The average molecular weight is 775 g/mol. The number of rotatable bonds is 37. The summed E-state index contributed by atoms with van der Waals surface area (Å²) in [6.45, 7) is 9.08. The van der Waals surface area contributed by atoms with Crippen LogP contribution < -0.4 is 10.6 Å². The van der Waals surface area contributed by atoms with Gasteiger partial charge in [-0.25, -0.2) is 0 Å². The Morgan fingerprint density at radius 2 is 1.16 bits per heavy atom. The lowest BCUT2D eigenvalue weighted by Crippen LogP contribution is -2.36. The first kappa shape index (κ1) is 49.7. The molecule has 318 valence electrons. The van der Waals surface area contributed by atoms with E-state index in [1.54, 1.807) is 0 Å². The molecule has 1 aromatic rings. The number of carbonyl (C=O) groups excluding carboxylic acids is 1. The molecule has 0 saturated carbocycles. The Kier molecular flexibility index (Phi) is 33.8. The molecule has 1 heterocycles. The van der Waals surface area contributed by atoms with Gasteiger partial charge in [0, 0.05) is 25.3 Å². The molecule has 1 fully saturated rings. The smallest absolute Gasteiger partial charge is 0.251 e. The molecule has 1 aliphatic heterocycles. The van der Waals surface area contributed by atoms with Crippen LogP contribution in [0.4, 0.5) is 0 Å². The quantitative estimate of drug-likeness (QED) is 0.0522. The van der Waals surface area contributed by atoms with Crippen molar-refractivity contribution in [1.29, 1.82) is 0 Å². The maximum Gasteiger partial charge on any atom is 0.251 e. The molecule has 1 aliphatic rings. The van der Waals surface area contributed by atoms with E-state index in [1.165, 1.54) is 134 Å². The van der Waals surface area contributed by atoms with Crippen molar-refractivity contribution in [2.45, 2.75) is 193 Å². The second kappa shape index (κ2) is 38.1. The largest absolute Gasteiger partial charge is 0.379 e.